The number of rotatable bonds is 0. The van der Waals surface area contributed by atoms with E-state index in [4.69, 9.17) is 0 Å². The Balaban J connectivity index is 1.64. The molecule has 0 radical (unpaired) electrons. The second-order valence-corrected chi connectivity index (χ2v) is 9.00. The minimum atomic E-state index is -0.0541. The van der Waals surface area contributed by atoms with Crippen LogP contribution in [0.5, 0.6) is 0 Å². The highest BCUT2D eigenvalue weighted by Gasteiger charge is 2.60. The van der Waals surface area contributed by atoms with Crippen molar-refractivity contribution in [2.75, 3.05) is 0 Å². The van der Waals surface area contributed by atoms with Crippen molar-refractivity contribution in [2.45, 2.75) is 77.7 Å². The number of ketones is 1. The van der Waals surface area contributed by atoms with E-state index < -0.39 is 0 Å². The summed E-state index contributed by atoms with van der Waals surface area (Å²) in [6.07, 6.45) is 10.1. The van der Waals surface area contributed by atoms with Crippen molar-refractivity contribution in [3.05, 3.63) is 0 Å². The predicted octanol–water partition coefficient (Wildman–Crippen LogP) is 3.96. The van der Waals surface area contributed by atoms with Crippen LogP contribution in [-0.2, 0) is 4.79 Å². The molecule has 118 valence electrons. The maximum Gasteiger partial charge on any atom is 0.139 e. The molecule has 0 amide bonds. The van der Waals surface area contributed by atoms with Crippen molar-refractivity contribution < 1.29 is 9.90 Å². The summed E-state index contributed by atoms with van der Waals surface area (Å²) < 4.78 is 0. The Hall–Kier alpha value is -0.370. The molecule has 4 rings (SSSR count). The first-order chi connectivity index (χ1) is 9.95. The monoisotopic (exact) mass is 290 g/mol. The van der Waals surface area contributed by atoms with E-state index in [2.05, 4.69) is 13.8 Å². The van der Waals surface area contributed by atoms with Gasteiger partial charge in [-0.05, 0) is 80.5 Å². The molecule has 0 unspecified atom stereocenters. The Morgan fingerprint density at radius 1 is 1.00 bits per heavy atom. The Labute approximate surface area is 128 Å². The maximum absolute atomic E-state index is 12.4. The first-order valence-electron chi connectivity index (χ1n) is 9.16. The summed E-state index contributed by atoms with van der Waals surface area (Å²) in [4.78, 5) is 12.4. The van der Waals surface area contributed by atoms with Crippen LogP contribution in [0.1, 0.15) is 71.6 Å². The van der Waals surface area contributed by atoms with Gasteiger partial charge in [-0.2, -0.15) is 0 Å². The average Bonchev–Trinajstić information content (AvgIpc) is 2.76. The fraction of sp³-hybridized carbons (Fsp3) is 0.947. The van der Waals surface area contributed by atoms with Gasteiger partial charge >= 0.3 is 0 Å². The van der Waals surface area contributed by atoms with Crippen LogP contribution in [0, 0.1) is 34.5 Å². The quantitative estimate of drug-likeness (QED) is 0.733. The SMILES string of the molecule is C[C@]12CC[C@H](O)C[C@@H]1CC[C@@H]1[C@H]3CCC(=O)[C@@]3(C)CC[C@@H]12. The minimum Gasteiger partial charge on any atom is -0.393 e. The van der Waals surface area contributed by atoms with Crippen molar-refractivity contribution >= 4 is 5.78 Å². The van der Waals surface area contributed by atoms with Gasteiger partial charge in [0.15, 0.2) is 0 Å². The van der Waals surface area contributed by atoms with Crippen LogP contribution in [-0.4, -0.2) is 17.0 Å². The van der Waals surface area contributed by atoms with E-state index >= 15 is 0 Å². The van der Waals surface area contributed by atoms with Crippen LogP contribution in [0.25, 0.3) is 0 Å². The first-order valence-corrected chi connectivity index (χ1v) is 9.16. The molecule has 4 fully saturated rings. The second-order valence-electron chi connectivity index (χ2n) is 9.00. The summed E-state index contributed by atoms with van der Waals surface area (Å²) in [5.74, 6) is 3.54. The lowest BCUT2D eigenvalue weighted by atomic mass is 9.45. The van der Waals surface area contributed by atoms with Crippen molar-refractivity contribution in [3.63, 3.8) is 0 Å². The van der Waals surface area contributed by atoms with Gasteiger partial charge in [0.25, 0.3) is 0 Å². The third-order valence-corrected chi connectivity index (χ3v) is 8.35. The fourth-order valence-corrected chi connectivity index (χ4v) is 7.01. The molecule has 7 atom stereocenters. The standard InChI is InChI=1S/C19H30O2/c1-18-9-7-13(20)11-12(18)3-4-14-15-5-6-17(21)19(15,2)10-8-16(14)18/h12-16,20H,3-11H2,1-2H3/t12-,13-,14+,15+,16-,18-,19-/m0/s1. The Bertz CT molecular complexity index is 458. The van der Waals surface area contributed by atoms with Gasteiger partial charge in [-0.25, -0.2) is 0 Å². The summed E-state index contributed by atoms with van der Waals surface area (Å²) in [5.41, 5.74) is 0.452. The molecule has 0 heterocycles. The highest BCUT2D eigenvalue weighted by Crippen LogP contribution is 2.65. The predicted molar refractivity (Wildman–Crippen MR) is 82.7 cm³/mol. The number of carbonyl (C=O) groups excluding carboxylic acids is 1. The van der Waals surface area contributed by atoms with Gasteiger partial charge < -0.3 is 5.11 Å². The number of aliphatic hydroxyl groups is 1. The first kappa shape index (κ1) is 14.2. The van der Waals surface area contributed by atoms with Gasteiger partial charge in [-0.3, -0.25) is 4.79 Å². The van der Waals surface area contributed by atoms with Gasteiger partial charge in [0.1, 0.15) is 5.78 Å². The highest BCUT2D eigenvalue weighted by molar-refractivity contribution is 5.87. The number of carbonyl (C=O) groups is 1. The van der Waals surface area contributed by atoms with Crippen LogP contribution in [0.2, 0.25) is 0 Å². The van der Waals surface area contributed by atoms with Crippen molar-refractivity contribution in [2.24, 2.45) is 34.5 Å². The molecule has 2 heteroatoms. The van der Waals surface area contributed by atoms with Gasteiger partial charge in [0.05, 0.1) is 6.10 Å². The zero-order valence-corrected chi connectivity index (χ0v) is 13.6. The minimum absolute atomic E-state index is 0.0124. The van der Waals surface area contributed by atoms with E-state index in [0.29, 0.717) is 17.1 Å². The van der Waals surface area contributed by atoms with E-state index in [-0.39, 0.29) is 11.5 Å². The lowest BCUT2D eigenvalue weighted by Gasteiger charge is -2.60. The van der Waals surface area contributed by atoms with Gasteiger partial charge in [-0.1, -0.05) is 13.8 Å². The molecule has 4 aliphatic carbocycles. The molecular weight excluding hydrogens is 260 g/mol. The summed E-state index contributed by atoms with van der Waals surface area (Å²) >= 11 is 0. The van der Waals surface area contributed by atoms with Crippen LogP contribution in [0.15, 0.2) is 0 Å². The summed E-state index contributed by atoms with van der Waals surface area (Å²) in [6, 6.07) is 0. The number of hydrogen-bond donors (Lipinski definition) is 1. The fourth-order valence-electron chi connectivity index (χ4n) is 7.01. The largest absolute Gasteiger partial charge is 0.393 e. The zero-order chi connectivity index (χ0) is 14.8. The number of hydrogen-bond acceptors (Lipinski definition) is 2. The summed E-state index contributed by atoms with van der Waals surface area (Å²) in [7, 11) is 0. The average molecular weight is 290 g/mol. The normalized spacial score (nSPS) is 56.5. The molecule has 0 spiro atoms. The molecule has 0 aromatic carbocycles. The molecule has 4 saturated carbocycles. The number of aliphatic hydroxyl groups excluding tert-OH is 1. The van der Waals surface area contributed by atoms with Crippen LogP contribution in [0.3, 0.4) is 0 Å². The highest BCUT2D eigenvalue weighted by atomic mass is 16.3. The van der Waals surface area contributed by atoms with Crippen molar-refractivity contribution in [1.29, 1.82) is 0 Å². The molecule has 4 aliphatic rings. The van der Waals surface area contributed by atoms with Gasteiger partial charge in [-0.15, -0.1) is 0 Å². The van der Waals surface area contributed by atoms with Gasteiger partial charge in [0.2, 0.25) is 0 Å². The molecule has 0 aliphatic heterocycles. The molecule has 0 bridgehead atoms. The lowest BCUT2D eigenvalue weighted by Crippen LogP contribution is -2.54. The van der Waals surface area contributed by atoms with E-state index in [0.717, 1.165) is 49.9 Å². The molecule has 2 nitrogen and oxygen atoms in total. The summed E-state index contributed by atoms with van der Waals surface area (Å²) in [5, 5.41) is 10.0. The van der Waals surface area contributed by atoms with Crippen molar-refractivity contribution in [3.8, 4) is 0 Å². The third kappa shape index (κ3) is 1.84. The van der Waals surface area contributed by atoms with E-state index in [1.807, 2.05) is 0 Å². The molecule has 0 aromatic rings. The van der Waals surface area contributed by atoms with E-state index in [1.165, 1.54) is 25.7 Å². The molecule has 1 N–H and O–H groups in total. The third-order valence-electron chi connectivity index (χ3n) is 8.35. The van der Waals surface area contributed by atoms with Gasteiger partial charge in [0, 0.05) is 11.8 Å². The topological polar surface area (TPSA) is 37.3 Å². The van der Waals surface area contributed by atoms with Crippen LogP contribution >= 0.6 is 0 Å². The second kappa shape index (κ2) is 4.57. The Kier molecular flexibility index (Phi) is 3.10. The number of fused-ring (bicyclic) bond motifs is 5. The number of Topliss-reactive ketones (excluding diaryl/α,β-unsaturated/α-hetero) is 1. The molecule has 0 saturated heterocycles. The van der Waals surface area contributed by atoms with E-state index in [9.17, 15) is 9.90 Å². The van der Waals surface area contributed by atoms with Crippen LogP contribution in [0.4, 0.5) is 0 Å². The molecule has 0 aromatic heterocycles. The van der Waals surface area contributed by atoms with E-state index in [1.54, 1.807) is 0 Å². The smallest absolute Gasteiger partial charge is 0.139 e. The van der Waals surface area contributed by atoms with Crippen molar-refractivity contribution in [1.82, 2.24) is 0 Å². The molecular formula is C19H30O2. The summed E-state index contributed by atoms with van der Waals surface area (Å²) in [6.45, 7) is 4.78. The lowest BCUT2D eigenvalue weighted by molar-refractivity contribution is -0.142. The Morgan fingerprint density at radius 2 is 1.81 bits per heavy atom. The Morgan fingerprint density at radius 3 is 2.62 bits per heavy atom. The van der Waals surface area contributed by atoms with Crippen LogP contribution < -0.4 is 0 Å². The molecule has 21 heavy (non-hydrogen) atoms. The maximum atomic E-state index is 12.4. The zero-order valence-electron chi connectivity index (χ0n) is 13.6.